The van der Waals surface area contributed by atoms with Crippen LogP contribution >= 0.6 is 0 Å². The van der Waals surface area contributed by atoms with Crippen LogP contribution in [0, 0.1) is 5.92 Å². The van der Waals surface area contributed by atoms with Crippen molar-refractivity contribution in [1.29, 1.82) is 0 Å². The molecule has 5 heteroatoms. The molecule has 2 aromatic carbocycles. The van der Waals surface area contributed by atoms with E-state index < -0.39 is 0 Å². The predicted octanol–water partition coefficient (Wildman–Crippen LogP) is 5.47. The molecule has 5 nitrogen and oxygen atoms in total. The average molecular weight is 383 g/mol. The Balaban J connectivity index is 1.55. The van der Waals surface area contributed by atoms with E-state index in [9.17, 15) is 0 Å². The number of hydrogen-bond acceptors (Lipinski definition) is 4. The predicted molar refractivity (Wildman–Crippen MR) is 117 cm³/mol. The molecule has 0 spiro atoms. The van der Waals surface area contributed by atoms with Crippen molar-refractivity contribution in [3.8, 4) is 17.1 Å². The maximum Gasteiger partial charge on any atom is 0.253 e. The van der Waals surface area contributed by atoms with Crippen LogP contribution in [0.25, 0.3) is 28.0 Å². The molecule has 0 saturated heterocycles. The molecule has 2 heterocycles. The first-order valence-corrected chi connectivity index (χ1v) is 10.5. The van der Waals surface area contributed by atoms with Crippen molar-refractivity contribution in [3.05, 3.63) is 67.0 Å². The van der Waals surface area contributed by atoms with Crippen molar-refractivity contribution in [2.45, 2.75) is 32.1 Å². The largest absolute Gasteiger partial charge is 0.369 e. The Labute approximate surface area is 170 Å². The van der Waals surface area contributed by atoms with Crippen molar-refractivity contribution in [3.63, 3.8) is 0 Å². The van der Waals surface area contributed by atoms with Gasteiger partial charge >= 0.3 is 0 Å². The Morgan fingerprint density at radius 1 is 0.897 bits per heavy atom. The monoisotopic (exact) mass is 383 g/mol. The van der Waals surface area contributed by atoms with E-state index in [1.165, 1.54) is 43.2 Å². The minimum Gasteiger partial charge on any atom is -0.369 e. The highest BCUT2D eigenvalue weighted by molar-refractivity contribution is 5.93. The lowest BCUT2D eigenvalue weighted by molar-refractivity contribution is 0.373. The summed E-state index contributed by atoms with van der Waals surface area (Å²) in [5.41, 5.74) is 3.30. The van der Waals surface area contributed by atoms with Gasteiger partial charge in [-0.05, 0) is 48.1 Å². The molecule has 1 aliphatic carbocycles. The van der Waals surface area contributed by atoms with E-state index in [1.807, 2.05) is 18.3 Å². The van der Waals surface area contributed by atoms with Crippen LogP contribution in [-0.2, 0) is 0 Å². The highest BCUT2D eigenvalue weighted by Gasteiger charge is 2.16. The van der Waals surface area contributed by atoms with Gasteiger partial charge in [0.2, 0.25) is 0 Å². The van der Waals surface area contributed by atoms with Gasteiger partial charge in [0.15, 0.2) is 0 Å². The zero-order valence-corrected chi connectivity index (χ0v) is 16.5. The van der Waals surface area contributed by atoms with Crippen LogP contribution in [-0.4, -0.2) is 26.3 Å². The molecule has 1 N–H and O–H groups in total. The molecule has 4 aromatic rings. The van der Waals surface area contributed by atoms with Gasteiger partial charge < -0.3 is 5.32 Å². The molecule has 0 radical (unpaired) electrons. The summed E-state index contributed by atoms with van der Waals surface area (Å²) in [5.74, 6) is 2.21. The van der Waals surface area contributed by atoms with Crippen LogP contribution in [0.15, 0.2) is 67.0 Å². The summed E-state index contributed by atoms with van der Waals surface area (Å²) in [4.78, 5) is 9.60. The van der Waals surface area contributed by atoms with E-state index in [0.717, 1.165) is 29.2 Å². The van der Waals surface area contributed by atoms with E-state index in [4.69, 9.17) is 9.97 Å². The van der Waals surface area contributed by atoms with Crippen LogP contribution in [0.5, 0.6) is 0 Å². The summed E-state index contributed by atoms with van der Waals surface area (Å²) < 4.78 is 1.72. The van der Waals surface area contributed by atoms with Crippen molar-refractivity contribution in [2.24, 2.45) is 5.92 Å². The standard InChI is InChI=1S/C24H25N5/c1-3-8-18(9-4-1)17-25-23-21-16-20(19-10-5-2-6-11-19)12-13-22(21)27-24(28-23)29-15-7-14-26-29/h2,5-7,10-16,18H,1,3-4,8-9,17H2,(H,25,27,28). The van der Waals surface area contributed by atoms with Gasteiger partial charge in [-0.2, -0.15) is 10.1 Å². The van der Waals surface area contributed by atoms with E-state index in [0.29, 0.717) is 5.95 Å². The Morgan fingerprint density at radius 2 is 1.76 bits per heavy atom. The Morgan fingerprint density at radius 3 is 2.55 bits per heavy atom. The molecule has 5 rings (SSSR count). The lowest BCUT2D eigenvalue weighted by atomic mass is 9.89. The number of anilines is 1. The first-order chi connectivity index (χ1) is 14.4. The SMILES string of the molecule is c1ccc(-c2ccc3nc(-n4cccn4)nc(NCC4CCCCC4)c3c2)cc1. The Hall–Kier alpha value is -3.21. The number of hydrogen-bond donors (Lipinski definition) is 1. The molecule has 1 fully saturated rings. The van der Waals surface area contributed by atoms with Crippen LogP contribution in [0.1, 0.15) is 32.1 Å². The zero-order valence-electron chi connectivity index (χ0n) is 16.5. The normalized spacial score (nSPS) is 14.9. The fourth-order valence-electron chi connectivity index (χ4n) is 4.18. The quantitative estimate of drug-likeness (QED) is 0.496. The van der Waals surface area contributed by atoms with E-state index in [2.05, 4.69) is 52.9 Å². The summed E-state index contributed by atoms with van der Waals surface area (Å²) >= 11 is 0. The van der Waals surface area contributed by atoms with Gasteiger partial charge in [-0.3, -0.25) is 0 Å². The lowest BCUT2D eigenvalue weighted by Crippen LogP contribution is -2.18. The molecule has 146 valence electrons. The molecule has 0 atom stereocenters. The van der Waals surface area contributed by atoms with Crippen molar-refractivity contribution in [1.82, 2.24) is 19.7 Å². The average Bonchev–Trinajstić information content (AvgIpc) is 3.33. The minimum absolute atomic E-state index is 0.598. The fraction of sp³-hybridized carbons (Fsp3) is 0.292. The first-order valence-electron chi connectivity index (χ1n) is 10.5. The Bertz CT molecular complexity index is 1080. The third kappa shape index (κ3) is 3.86. The summed E-state index contributed by atoms with van der Waals surface area (Å²) in [6, 6.07) is 18.7. The lowest BCUT2D eigenvalue weighted by Gasteiger charge is -2.22. The summed E-state index contributed by atoms with van der Waals surface area (Å²) in [6.07, 6.45) is 10.3. The van der Waals surface area contributed by atoms with Gasteiger partial charge in [0, 0.05) is 24.3 Å². The second-order valence-corrected chi connectivity index (χ2v) is 7.81. The first kappa shape index (κ1) is 17.9. The second-order valence-electron chi connectivity index (χ2n) is 7.81. The van der Waals surface area contributed by atoms with Gasteiger partial charge in [-0.15, -0.1) is 0 Å². The van der Waals surface area contributed by atoms with E-state index in [-0.39, 0.29) is 0 Å². The van der Waals surface area contributed by atoms with Gasteiger partial charge in [0.05, 0.1) is 5.52 Å². The van der Waals surface area contributed by atoms with E-state index in [1.54, 1.807) is 10.9 Å². The summed E-state index contributed by atoms with van der Waals surface area (Å²) in [6.45, 7) is 0.959. The molecule has 0 amide bonds. The maximum absolute atomic E-state index is 4.84. The molecular formula is C24H25N5. The number of nitrogens with one attached hydrogen (secondary N) is 1. The van der Waals surface area contributed by atoms with Gasteiger partial charge in [0.1, 0.15) is 5.82 Å². The third-order valence-electron chi connectivity index (χ3n) is 5.78. The van der Waals surface area contributed by atoms with Crippen molar-refractivity contribution >= 4 is 16.7 Å². The second kappa shape index (κ2) is 8.03. The molecule has 1 aliphatic rings. The molecule has 2 aromatic heterocycles. The summed E-state index contributed by atoms with van der Waals surface area (Å²) in [7, 11) is 0. The highest BCUT2D eigenvalue weighted by Crippen LogP contribution is 2.29. The zero-order chi connectivity index (χ0) is 19.5. The van der Waals surface area contributed by atoms with E-state index >= 15 is 0 Å². The van der Waals surface area contributed by atoms with Crippen LogP contribution in [0.2, 0.25) is 0 Å². The molecular weight excluding hydrogens is 358 g/mol. The molecule has 29 heavy (non-hydrogen) atoms. The highest BCUT2D eigenvalue weighted by atomic mass is 15.3. The number of nitrogens with zero attached hydrogens (tertiary/aromatic N) is 4. The maximum atomic E-state index is 4.84. The topological polar surface area (TPSA) is 55.6 Å². The summed E-state index contributed by atoms with van der Waals surface area (Å²) in [5, 5.41) is 9.01. The Kier molecular flexibility index (Phi) is 4.95. The number of fused-ring (bicyclic) bond motifs is 1. The number of rotatable bonds is 5. The molecule has 0 unspecified atom stereocenters. The molecule has 0 aliphatic heterocycles. The van der Waals surface area contributed by atoms with Crippen molar-refractivity contribution < 1.29 is 0 Å². The fourth-order valence-corrected chi connectivity index (χ4v) is 4.18. The van der Waals surface area contributed by atoms with Gasteiger partial charge in [-0.1, -0.05) is 55.7 Å². The van der Waals surface area contributed by atoms with Crippen LogP contribution in [0.4, 0.5) is 5.82 Å². The van der Waals surface area contributed by atoms with Crippen LogP contribution in [0.3, 0.4) is 0 Å². The molecule has 1 saturated carbocycles. The number of benzene rings is 2. The minimum atomic E-state index is 0.598. The third-order valence-corrected chi connectivity index (χ3v) is 5.78. The molecule has 0 bridgehead atoms. The van der Waals surface area contributed by atoms with Crippen LogP contribution < -0.4 is 5.32 Å². The van der Waals surface area contributed by atoms with Gasteiger partial charge in [-0.25, -0.2) is 9.67 Å². The smallest absolute Gasteiger partial charge is 0.253 e. The van der Waals surface area contributed by atoms with Crippen molar-refractivity contribution in [2.75, 3.05) is 11.9 Å². The number of aromatic nitrogens is 4. The van der Waals surface area contributed by atoms with Gasteiger partial charge in [0.25, 0.3) is 5.95 Å².